The molecule has 0 fully saturated rings. The largest absolute Gasteiger partial charge is 0.497 e. The number of carbonyl (C=O) groups is 1. The van der Waals surface area contributed by atoms with E-state index in [1.54, 1.807) is 19.2 Å². The first kappa shape index (κ1) is 14.3. The van der Waals surface area contributed by atoms with Crippen molar-refractivity contribution in [2.24, 2.45) is 5.73 Å². The number of benzene rings is 1. The summed E-state index contributed by atoms with van der Waals surface area (Å²) >= 11 is 0. The smallest absolute Gasteiger partial charge is 0.255 e. The third-order valence-corrected chi connectivity index (χ3v) is 2.34. The molecular formula is C13H20N2O3. The number of nitrogens with one attached hydrogen (secondary N) is 1. The molecule has 1 rings (SSSR count). The van der Waals surface area contributed by atoms with Gasteiger partial charge < -0.3 is 20.5 Å². The van der Waals surface area contributed by atoms with E-state index in [4.69, 9.17) is 15.2 Å². The van der Waals surface area contributed by atoms with Crippen molar-refractivity contribution in [2.45, 2.75) is 26.4 Å². The van der Waals surface area contributed by atoms with Crippen molar-refractivity contribution in [3.8, 4) is 11.5 Å². The number of carbonyl (C=O) groups excluding carboxylic acids is 1. The highest BCUT2D eigenvalue weighted by molar-refractivity contribution is 5.75. The molecule has 0 aromatic heterocycles. The van der Waals surface area contributed by atoms with Gasteiger partial charge in [0.15, 0.2) is 6.61 Å². The van der Waals surface area contributed by atoms with Crippen LogP contribution in [-0.4, -0.2) is 25.7 Å². The SMILES string of the molecule is COc1ccc(OCC(N)=O)c(CNC(C)C)c1. The van der Waals surface area contributed by atoms with Crippen LogP contribution in [0.3, 0.4) is 0 Å². The van der Waals surface area contributed by atoms with Crippen LogP contribution in [0, 0.1) is 0 Å². The summed E-state index contributed by atoms with van der Waals surface area (Å²) in [5, 5.41) is 3.29. The third-order valence-electron chi connectivity index (χ3n) is 2.34. The molecule has 1 aromatic rings. The second kappa shape index (κ2) is 6.86. The van der Waals surface area contributed by atoms with E-state index in [0.717, 1.165) is 11.3 Å². The van der Waals surface area contributed by atoms with Crippen molar-refractivity contribution in [1.82, 2.24) is 5.32 Å². The van der Waals surface area contributed by atoms with Gasteiger partial charge in [-0.05, 0) is 18.2 Å². The van der Waals surface area contributed by atoms with Crippen LogP contribution in [0.25, 0.3) is 0 Å². The van der Waals surface area contributed by atoms with Crippen LogP contribution in [0.1, 0.15) is 19.4 Å². The zero-order chi connectivity index (χ0) is 13.5. The number of amides is 1. The molecule has 5 nitrogen and oxygen atoms in total. The summed E-state index contributed by atoms with van der Waals surface area (Å²) in [4.78, 5) is 10.7. The Balaban J connectivity index is 2.82. The molecule has 0 radical (unpaired) electrons. The molecule has 100 valence electrons. The van der Waals surface area contributed by atoms with Crippen LogP contribution in [0.4, 0.5) is 0 Å². The molecule has 0 aliphatic rings. The lowest BCUT2D eigenvalue weighted by atomic mass is 10.1. The van der Waals surface area contributed by atoms with Crippen molar-refractivity contribution in [1.29, 1.82) is 0 Å². The van der Waals surface area contributed by atoms with E-state index in [1.165, 1.54) is 0 Å². The minimum Gasteiger partial charge on any atom is -0.497 e. The summed E-state index contributed by atoms with van der Waals surface area (Å²) < 4.78 is 10.5. The van der Waals surface area contributed by atoms with Gasteiger partial charge in [0.25, 0.3) is 5.91 Å². The van der Waals surface area contributed by atoms with Crippen molar-refractivity contribution >= 4 is 5.91 Å². The van der Waals surface area contributed by atoms with Gasteiger partial charge >= 0.3 is 0 Å². The molecule has 0 aliphatic carbocycles. The van der Waals surface area contributed by atoms with E-state index in [-0.39, 0.29) is 6.61 Å². The van der Waals surface area contributed by atoms with Gasteiger partial charge in [-0.3, -0.25) is 4.79 Å². The average Bonchev–Trinajstić information content (AvgIpc) is 2.34. The van der Waals surface area contributed by atoms with Crippen LogP contribution in [0.2, 0.25) is 0 Å². The second-order valence-electron chi connectivity index (χ2n) is 4.26. The maximum atomic E-state index is 10.7. The highest BCUT2D eigenvalue weighted by atomic mass is 16.5. The monoisotopic (exact) mass is 252 g/mol. The Hall–Kier alpha value is -1.75. The number of hydrogen-bond donors (Lipinski definition) is 2. The highest BCUT2D eigenvalue weighted by Crippen LogP contribution is 2.24. The number of nitrogens with two attached hydrogens (primary N) is 1. The van der Waals surface area contributed by atoms with Crippen molar-refractivity contribution in [2.75, 3.05) is 13.7 Å². The van der Waals surface area contributed by atoms with E-state index in [2.05, 4.69) is 19.2 Å². The number of ether oxygens (including phenoxy) is 2. The van der Waals surface area contributed by atoms with Gasteiger partial charge in [0.2, 0.25) is 0 Å². The molecule has 0 unspecified atom stereocenters. The van der Waals surface area contributed by atoms with Gasteiger partial charge in [-0.2, -0.15) is 0 Å². The molecule has 18 heavy (non-hydrogen) atoms. The zero-order valence-electron chi connectivity index (χ0n) is 11.0. The highest BCUT2D eigenvalue weighted by Gasteiger charge is 2.07. The summed E-state index contributed by atoms with van der Waals surface area (Å²) in [5.41, 5.74) is 6.00. The first-order chi connectivity index (χ1) is 8.52. The molecule has 0 saturated carbocycles. The molecule has 0 saturated heterocycles. The molecule has 0 aliphatic heterocycles. The molecule has 0 spiro atoms. The first-order valence-electron chi connectivity index (χ1n) is 5.84. The lowest BCUT2D eigenvalue weighted by Crippen LogP contribution is -2.23. The van der Waals surface area contributed by atoms with E-state index < -0.39 is 5.91 Å². The number of hydrogen-bond acceptors (Lipinski definition) is 4. The number of methoxy groups -OCH3 is 1. The molecule has 0 bridgehead atoms. The topological polar surface area (TPSA) is 73.6 Å². The van der Waals surface area contributed by atoms with Crippen molar-refractivity contribution in [3.05, 3.63) is 23.8 Å². The lowest BCUT2D eigenvalue weighted by molar-refractivity contribution is -0.119. The predicted octanol–water partition coefficient (Wildman–Crippen LogP) is 1.06. The molecule has 0 atom stereocenters. The van der Waals surface area contributed by atoms with Gasteiger partial charge in [0, 0.05) is 18.2 Å². The minimum atomic E-state index is -0.492. The summed E-state index contributed by atoms with van der Waals surface area (Å²) in [6.45, 7) is 4.64. The van der Waals surface area contributed by atoms with E-state index >= 15 is 0 Å². The van der Waals surface area contributed by atoms with E-state index in [0.29, 0.717) is 18.3 Å². The Morgan fingerprint density at radius 2 is 2.17 bits per heavy atom. The van der Waals surface area contributed by atoms with Crippen molar-refractivity contribution < 1.29 is 14.3 Å². The van der Waals surface area contributed by atoms with Crippen molar-refractivity contribution in [3.63, 3.8) is 0 Å². The Labute approximate surface area is 107 Å². The number of rotatable bonds is 7. The Kier molecular flexibility index (Phi) is 5.45. The maximum Gasteiger partial charge on any atom is 0.255 e. The van der Waals surface area contributed by atoms with Gasteiger partial charge in [0.1, 0.15) is 11.5 Å². The fourth-order valence-electron chi connectivity index (χ4n) is 1.42. The number of primary amides is 1. The van der Waals surface area contributed by atoms with Crippen LogP contribution >= 0.6 is 0 Å². The van der Waals surface area contributed by atoms with Crippen LogP contribution in [0.15, 0.2) is 18.2 Å². The summed E-state index contributed by atoms with van der Waals surface area (Å²) in [6.07, 6.45) is 0. The Morgan fingerprint density at radius 1 is 1.44 bits per heavy atom. The quantitative estimate of drug-likeness (QED) is 0.761. The molecular weight excluding hydrogens is 232 g/mol. The maximum absolute atomic E-state index is 10.7. The normalized spacial score (nSPS) is 10.4. The average molecular weight is 252 g/mol. The summed E-state index contributed by atoms with van der Waals surface area (Å²) in [5.74, 6) is 0.901. The van der Waals surface area contributed by atoms with Gasteiger partial charge in [0.05, 0.1) is 7.11 Å². The van der Waals surface area contributed by atoms with Crippen LogP contribution in [0.5, 0.6) is 11.5 Å². The molecule has 1 amide bonds. The summed E-state index contributed by atoms with van der Waals surface area (Å²) in [7, 11) is 1.61. The van der Waals surface area contributed by atoms with Gasteiger partial charge in [-0.15, -0.1) is 0 Å². The van der Waals surface area contributed by atoms with E-state index in [1.807, 2.05) is 6.07 Å². The molecule has 3 N–H and O–H groups in total. The van der Waals surface area contributed by atoms with Gasteiger partial charge in [-0.25, -0.2) is 0 Å². The first-order valence-corrected chi connectivity index (χ1v) is 5.84. The lowest BCUT2D eigenvalue weighted by Gasteiger charge is -2.14. The zero-order valence-corrected chi connectivity index (χ0v) is 11.0. The Bertz CT molecular complexity index is 405. The molecule has 0 heterocycles. The standard InChI is InChI=1S/C13H20N2O3/c1-9(2)15-7-10-6-11(17-3)4-5-12(10)18-8-13(14)16/h4-6,9,15H,7-8H2,1-3H3,(H2,14,16). The molecule has 1 aromatic carbocycles. The van der Waals surface area contributed by atoms with Crippen LogP contribution < -0.4 is 20.5 Å². The predicted molar refractivity (Wildman–Crippen MR) is 69.7 cm³/mol. The Morgan fingerprint density at radius 3 is 2.72 bits per heavy atom. The summed E-state index contributed by atoms with van der Waals surface area (Å²) in [6, 6.07) is 5.81. The fraction of sp³-hybridized carbons (Fsp3) is 0.462. The third kappa shape index (κ3) is 4.63. The second-order valence-corrected chi connectivity index (χ2v) is 4.26. The van der Waals surface area contributed by atoms with Gasteiger partial charge in [-0.1, -0.05) is 13.8 Å². The molecule has 5 heteroatoms. The van der Waals surface area contributed by atoms with Crippen LogP contribution in [-0.2, 0) is 11.3 Å². The minimum absolute atomic E-state index is 0.124. The van der Waals surface area contributed by atoms with E-state index in [9.17, 15) is 4.79 Å². The fourth-order valence-corrected chi connectivity index (χ4v) is 1.42.